The number of benzene rings is 1. The third-order valence-corrected chi connectivity index (χ3v) is 2.54. The summed E-state index contributed by atoms with van der Waals surface area (Å²) in [4.78, 5) is 10.2. The topological polar surface area (TPSA) is 64.4 Å². The largest absolute Gasteiger partial charge is 0.496 e. The lowest BCUT2D eigenvalue weighted by Crippen LogP contribution is -2.17. The maximum absolute atomic E-state index is 11.9. The van der Waals surface area contributed by atoms with E-state index in [9.17, 15) is 23.3 Å². The van der Waals surface area contributed by atoms with E-state index in [-0.39, 0.29) is 25.2 Å². The van der Waals surface area contributed by atoms with Crippen molar-refractivity contribution in [3.05, 3.63) is 33.9 Å². The van der Waals surface area contributed by atoms with Crippen LogP contribution in [-0.4, -0.2) is 24.8 Å². The lowest BCUT2D eigenvalue weighted by Gasteiger charge is -2.08. The first-order valence-corrected chi connectivity index (χ1v) is 5.91. The van der Waals surface area contributed by atoms with Gasteiger partial charge < -0.3 is 10.1 Å². The molecule has 0 aliphatic heterocycles. The number of methoxy groups -OCH3 is 1. The van der Waals surface area contributed by atoms with E-state index in [0.29, 0.717) is 11.3 Å². The highest BCUT2D eigenvalue weighted by atomic mass is 19.4. The van der Waals surface area contributed by atoms with E-state index in [2.05, 4.69) is 5.32 Å². The van der Waals surface area contributed by atoms with Crippen molar-refractivity contribution in [3.63, 3.8) is 0 Å². The van der Waals surface area contributed by atoms with Gasteiger partial charge in [0.2, 0.25) is 0 Å². The van der Waals surface area contributed by atoms with Crippen LogP contribution in [0.25, 0.3) is 0 Å². The smallest absolute Gasteiger partial charge is 0.389 e. The maximum Gasteiger partial charge on any atom is 0.389 e. The molecule has 0 spiro atoms. The second-order valence-electron chi connectivity index (χ2n) is 4.19. The van der Waals surface area contributed by atoms with Crippen molar-refractivity contribution in [2.75, 3.05) is 13.7 Å². The van der Waals surface area contributed by atoms with Crippen molar-refractivity contribution in [2.45, 2.75) is 25.6 Å². The van der Waals surface area contributed by atoms with Crippen molar-refractivity contribution in [1.82, 2.24) is 5.32 Å². The van der Waals surface area contributed by atoms with Crippen molar-refractivity contribution in [3.8, 4) is 5.75 Å². The molecule has 8 heteroatoms. The van der Waals surface area contributed by atoms with Crippen molar-refractivity contribution in [1.29, 1.82) is 0 Å². The number of halogens is 3. The molecule has 0 saturated carbocycles. The Morgan fingerprint density at radius 1 is 1.35 bits per heavy atom. The molecule has 1 rings (SSSR count). The number of rotatable bonds is 7. The summed E-state index contributed by atoms with van der Waals surface area (Å²) < 4.78 is 40.7. The van der Waals surface area contributed by atoms with Crippen LogP contribution in [0.3, 0.4) is 0 Å². The van der Waals surface area contributed by atoms with Crippen LogP contribution in [0.5, 0.6) is 5.75 Å². The molecule has 0 aliphatic carbocycles. The first-order valence-electron chi connectivity index (χ1n) is 5.91. The van der Waals surface area contributed by atoms with Gasteiger partial charge in [-0.1, -0.05) is 0 Å². The average molecular weight is 292 g/mol. The summed E-state index contributed by atoms with van der Waals surface area (Å²) in [6.45, 7) is 0.431. The fourth-order valence-corrected chi connectivity index (χ4v) is 1.62. The zero-order chi connectivity index (χ0) is 15.2. The Morgan fingerprint density at radius 2 is 2.05 bits per heavy atom. The molecular weight excluding hydrogens is 277 g/mol. The molecule has 0 radical (unpaired) electrons. The van der Waals surface area contributed by atoms with Gasteiger partial charge >= 0.3 is 6.18 Å². The quantitative estimate of drug-likeness (QED) is 0.476. The minimum absolute atomic E-state index is 0.0322. The van der Waals surface area contributed by atoms with Gasteiger partial charge in [0.05, 0.1) is 18.1 Å². The van der Waals surface area contributed by atoms with Crippen molar-refractivity contribution < 1.29 is 22.8 Å². The fourth-order valence-electron chi connectivity index (χ4n) is 1.62. The highest BCUT2D eigenvalue weighted by molar-refractivity contribution is 5.42. The summed E-state index contributed by atoms with van der Waals surface area (Å²) in [6.07, 6.45) is -5.04. The number of hydrogen-bond acceptors (Lipinski definition) is 4. The van der Waals surface area contributed by atoms with Crippen LogP contribution in [0.4, 0.5) is 18.9 Å². The van der Waals surface area contributed by atoms with Crippen LogP contribution in [-0.2, 0) is 6.54 Å². The molecule has 1 aromatic carbocycles. The van der Waals surface area contributed by atoms with Gasteiger partial charge in [0.25, 0.3) is 5.69 Å². The Labute approximate surface area is 113 Å². The van der Waals surface area contributed by atoms with Gasteiger partial charge in [-0.2, -0.15) is 13.2 Å². The summed E-state index contributed by atoms with van der Waals surface area (Å²) in [7, 11) is 1.39. The van der Waals surface area contributed by atoms with E-state index in [1.807, 2.05) is 0 Å². The molecule has 0 aromatic heterocycles. The number of nitrogens with zero attached hydrogens (tertiary/aromatic N) is 1. The number of non-ortho nitro benzene ring substituents is 1. The molecule has 20 heavy (non-hydrogen) atoms. The monoisotopic (exact) mass is 292 g/mol. The first kappa shape index (κ1) is 16.2. The average Bonchev–Trinajstić information content (AvgIpc) is 2.36. The van der Waals surface area contributed by atoms with E-state index in [0.717, 1.165) is 0 Å². The molecule has 0 amide bonds. The summed E-state index contributed by atoms with van der Waals surface area (Å²) in [5.74, 6) is 0.339. The van der Waals surface area contributed by atoms with Crippen LogP contribution in [0.2, 0.25) is 0 Å². The fraction of sp³-hybridized carbons (Fsp3) is 0.500. The number of nitrogens with one attached hydrogen (secondary N) is 1. The third-order valence-electron chi connectivity index (χ3n) is 2.54. The van der Waals surface area contributed by atoms with Crippen molar-refractivity contribution >= 4 is 5.69 Å². The van der Waals surface area contributed by atoms with Crippen molar-refractivity contribution in [2.24, 2.45) is 0 Å². The number of nitro benzene ring substituents is 1. The summed E-state index contributed by atoms with van der Waals surface area (Å²) in [5, 5.41) is 13.5. The minimum Gasteiger partial charge on any atom is -0.496 e. The Morgan fingerprint density at radius 3 is 2.60 bits per heavy atom. The van der Waals surface area contributed by atoms with Crippen LogP contribution < -0.4 is 10.1 Å². The van der Waals surface area contributed by atoms with Gasteiger partial charge in [-0.3, -0.25) is 10.1 Å². The summed E-state index contributed by atoms with van der Waals surface area (Å²) >= 11 is 0. The molecule has 0 fully saturated rings. The Balaban J connectivity index is 2.51. The van der Waals surface area contributed by atoms with Crippen LogP contribution in [0.1, 0.15) is 18.4 Å². The molecule has 0 atom stereocenters. The van der Waals surface area contributed by atoms with E-state index in [4.69, 9.17) is 4.74 Å². The highest BCUT2D eigenvalue weighted by Crippen LogP contribution is 2.23. The molecule has 5 nitrogen and oxygen atoms in total. The molecule has 0 bridgehead atoms. The Kier molecular flexibility index (Phi) is 5.75. The normalized spacial score (nSPS) is 11.4. The van der Waals surface area contributed by atoms with Gasteiger partial charge in [0.1, 0.15) is 5.75 Å². The minimum atomic E-state index is -4.16. The van der Waals surface area contributed by atoms with E-state index >= 15 is 0 Å². The number of alkyl halides is 3. The molecule has 1 N–H and O–H groups in total. The number of nitro groups is 1. The highest BCUT2D eigenvalue weighted by Gasteiger charge is 2.25. The van der Waals surface area contributed by atoms with Crippen LogP contribution in [0, 0.1) is 10.1 Å². The van der Waals surface area contributed by atoms with E-state index in [1.165, 1.54) is 19.2 Å². The van der Waals surface area contributed by atoms with Crippen LogP contribution >= 0.6 is 0 Å². The lowest BCUT2D eigenvalue weighted by atomic mass is 10.2. The Hall–Kier alpha value is -1.83. The van der Waals surface area contributed by atoms with Gasteiger partial charge in [0.15, 0.2) is 0 Å². The molecular formula is C12H15F3N2O3. The zero-order valence-electron chi connectivity index (χ0n) is 10.9. The lowest BCUT2D eigenvalue weighted by molar-refractivity contribution is -0.385. The van der Waals surface area contributed by atoms with Gasteiger partial charge in [-0.05, 0) is 24.6 Å². The zero-order valence-corrected chi connectivity index (χ0v) is 10.9. The van der Waals surface area contributed by atoms with Crippen LogP contribution in [0.15, 0.2) is 18.2 Å². The van der Waals surface area contributed by atoms with Gasteiger partial charge in [-0.15, -0.1) is 0 Å². The molecule has 0 saturated heterocycles. The second-order valence-corrected chi connectivity index (χ2v) is 4.19. The predicted molar refractivity (Wildman–Crippen MR) is 66.6 cm³/mol. The standard InChI is InChI=1S/C12H15F3N2O3/c1-20-11-6-9(5-10(7-11)17(18)19)8-16-4-2-3-12(13,14)15/h5-7,16H,2-4,8H2,1H3. The molecule has 0 heterocycles. The first-order chi connectivity index (χ1) is 9.31. The molecule has 1 aromatic rings. The molecule has 112 valence electrons. The SMILES string of the molecule is COc1cc(CNCCCC(F)(F)F)cc([N+](=O)[O-])c1. The number of hydrogen-bond donors (Lipinski definition) is 1. The van der Waals surface area contributed by atoms with Gasteiger partial charge in [-0.25, -0.2) is 0 Å². The molecule has 0 aliphatic rings. The molecule has 0 unspecified atom stereocenters. The maximum atomic E-state index is 11.9. The van der Waals surface area contributed by atoms with Gasteiger partial charge in [0, 0.05) is 19.0 Å². The Bertz CT molecular complexity index is 464. The third kappa shape index (κ3) is 5.87. The second kappa shape index (κ2) is 7.09. The van der Waals surface area contributed by atoms with E-state index < -0.39 is 17.5 Å². The number of ether oxygens (including phenoxy) is 1. The summed E-state index contributed by atoms with van der Waals surface area (Å²) in [5.41, 5.74) is 0.472. The van der Waals surface area contributed by atoms with E-state index in [1.54, 1.807) is 6.07 Å². The predicted octanol–water partition coefficient (Wildman–Crippen LogP) is 3.04. The summed E-state index contributed by atoms with van der Waals surface area (Å²) in [6, 6.07) is 4.25.